The lowest BCUT2D eigenvalue weighted by atomic mass is 10.0. The van der Waals surface area contributed by atoms with Gasteiger partial charge in [0.25, 0.3) is 0 Å². The number of ether oxygens (including phenoxy) is 4. The van der Waals surface area contributed by atoms with Crippen LogP contribution >= 0.6 is 0 Å². The van der Waals surface area contributed by atoms with Crippen LogP contribution in [0.3, 0.4) is 0 Å². The fraction of sp³-hybridized carbons (Fsp3) is 0.286. The second-order valence-corrected chi connectivity index (χ2v) is 6.05. The number of phenols is 2. The smallest absolute Gasteiger partial charge is 0.330 e. The molecule has 2 aromatic rings. The summed E-state index contributed by atoms with van der Waals surface area (Å²) in [7, 11) is 4.25. The maximum absolute atomic E-state index is 11.9. The number of methoxy groups -OCH3 is 3. The van der Waals surface area contributed by atoms with E-state index in [9.17, 15) is 20.1 Å². The molecule has 2 rings (SSSR count). The van der Waals surface area contributed by atoms with Gasteiger partial charge >= 0.3 is 5.97 Å². The number of phenolic OH excluding ortho intramolecular Hbond substituents is 2. The summed E-state index contributed by atoms with van der Waals surface area (Å²) in [5.41, 5.74) is 1.18. The number of esters is 1. The zero-order chi connectivity index (χ0) is 21.4. The molecule has 0 radical (unpaired) electrons. The number of carbonyl (C=O) groups is 1. The standard InChI is InChI=1S/C21H24O8/c1-26-18-10-13(4-7-15(18)22)5-9-20(25)29-12-17(24)21(28-3)14-6-8-16(23)19(11-14)27-2/h4-11,17,21-24H,12H2,1-3H3/b9-5-. The predicted molar refractivity (Wildman–Crippen MR) is 105 cm³/mol. The van der Waals surface area contributed by atoms with Crippen LogP contribution in [0.15, 0.2) is 42.5 Å². The quantitative estimate of drug-likeness (QED) is 0.431. The minimum atomic E-state index is -1.14. The topological polar surface area (TPSA) is 115 Å². The Hall–Kier alpha value is -3.23. The second kappa shape index (κ2) is 10.4. The summed E-state index contributed by atoms with van der Waals surface area (Å²) in [6, 6.07) is 9.15. The molecule has 29 heavy (non-hydrogen) atoms. The van der Waals surface area contributed by atoms with Crippen molar-refractivity contribution < 1.29 is 39.1 Å². The minimum absolute atomic E-state index is 0.00758. The monoisotopic (exact) mass is 404 g/mol. The molecule has 0 aliphatic carbocycles. The number of benzene rings is 2. The van der Waals surface area contributed by atoms with Crippen LogP contribution in [0.4, 0.5) is 0 Å². The SMILES string of the molecule is COc1cc(/C=C\C(=O)OCC(O)C(OC)c2ccc(O)c(OC)c2)ccc1O. The van der Waals surface area contributed by atoms with Crippen molar-refractivity contribution in [1.29, 1.82) is 0 Å². The molecule has 2 unspecified atom stereocenters. The molecule has 0 saturated carbocycles. The van der Waals surface area contributed by atoms with Gasteiger partial charge in [-0.05, 0) is 41.5 Å². The van der Waals surface area contributed by atoms with Crippen molar-refractivity contribution in [3.63, 3.8) is 0 Å². The second-order valence-electron chi connectivity index (χ2n) is 6.05. The molecule has 8 nitrogen and oxygen atoms in total. The molecule has 0 aliphatic rings. The molecule has 0 heterocycles. The molecule has 0 amide bonds. The summed E-state index contributed by atoms with van der Waals surface area (Å²) < 4.78 is 20.4. The van der Waals surface area contributed by atoms with E-state index in [1.54, 1.807) is 18.2 Å². The third kappa shape index (κ3) is 5.87. The average Bonchev–Trinajstić information content (AvgIpc) is 2.73. The summed E-state index contributed by atoms with van der Waals surface area (Å²) in [6.45, 7) is -0.302. The largest absolute Gasteiger partial charge is 0.504 e. The van der Waals surface area contributed by atoms with Gasteiger partial charge in [0.2, 0.25) is 0 Å². The van der Waals surface area contributed by atoms with E-state index >= 15 is 0 Å². The van der Waals surface area contributed by atoms with E-state index in [4.69, 9.17) is 18.9 Å². The summed E-state index contributed by atoms with van der Waals surface area (Å²) >= 11 is 0. The maximum Gasteiger partial charge on any atom is 0.330 e. The van der Waals surface area contributed by atoms with Crippen molar-refractivity contribution in [3.8, 4) is 23.0 Å². The van der Waals surface area contributed by atoms with Crippen molar-refractivity contribution in [2.75, 3.05) is 27.9 Å². The predicted octanol–water partition coefficient (Wildman–Crippen LogP) is 2.42. The maximum atomic E-state index is 11.9. The number of carbonyl (C=O) groups excluding carboxylic acids is 1. The molecule has 2 aromatic carbocycles. The number of aliphatic hydroxyl groups is 1. The average molecular weight is 404 g/mol. The van der Waals surface area contributed by atoms with Crippen molar-refractivity contribution in [2.24, 2.45) is 0 Å². The third-order valence-electron chi connectivity index (χ3n) is 4.15. The van der Waals surface area contributed by atoms with Gasteiger partial charge in [-0.25, -0.2) is 4.79 Å². The van der Waals surface area contributed by atoms with Crippen LogP contribution in [0, 0.1) is 0 Å². The first-order valence-corrected chi connectivity index (χ1v) is 8.69. The van der Waals surface area contributed by atoms with Crippen molar-refractivity contribution in [2.45, 2.75) is 12.2 Å². The molecule has 0 aliphatic heterocycles. The highest BCUT2D eigenvalue weighted by Crippen LogP contribution is 2.31. The molecule has 0 aromatic heterocycles. The van der Waals surface area contributed by atoms with Crippen molar-refractivity contribution >= 4 is 12.0 Å². The molecule has 2 atom stereocenters. The van der Waals surface area contributed by atoms with Crippen LogP contribution in [0.5, 0.6) is 23.0 Å². The van der Waals surface area contributed by atoms with E-state index in [1.165, 1.54) is 51.7 Å². The van der Waals surface area contributed by atoms with Gasteiger partial charge in [0, 0.05) is 13.2 Å². The summed E-state index contributed by atoms with van der Waals surface area (Å²) in [5, 5.41) is 29.6. The lowest BCUT2D eigenvalue weighted by Gasteiger charge is -2.22. The molecule has 0 saturated heterocycles. The first-order valence-electron chi connectivity index (χ1n) is 8.69. The van der Waals surface area contributed by atoms with E-state index in [2.05, 4.69) is 0 Å². The third-order valence-corrected chi connectivity index (χ3v) is 4.15. The lowest BCUT2D eigenvalue weighted by Crippen LogP contribution is -2.26. The van der Waals surface area contributed by atoms with Gasteiger partial charge in [0.15, 0.2) is 23.0 Å². The van der Waals surface area contributed by atoms with E-state index in [1.807, 2.05) is 0 Å². The normalized spacial score (nSPS) is 13.1. The molecule has 8 heteroatoms. The Labute approximate surface area is 168 Å². The minimum Gasteiger partial charge on any atom is -0.504 e. The first kappa shape index (κ1) is 22.1. The number of hydrogen-bond donors (Lipinski definition) is 3. The first-order chi connectivity index (χ1) is 13.9. The number of aromatic hydroxyl groups is 2. The Morgan fingerprint density at radius 3 is 2.24 bits per heavy atom. The Morgan fingerprint density at radius 1 is 1.00 bits per heavy atom. The zero-order valence-electron chi connectivity index (χ0n) is 16.4. The fourth-order valence-corrected chi connectivity index (χ4v) is 2.65. The number of rotatable bonds is 9. The van der Waals surface area contributed by atoms with Crippen LogP contribution < -0.4 is 9.47 Å². The number of hydrogen-bond acceptors (Lipinski definition) is 8. The van der Waals surface area contributed by atoms with Crippen molar-refractivity contribution in [3.05, 3.63) is 53.6 Å². The molecule has 156 valence electrons. The molecule has 0 fully saturated rings. The molecule has 3 N–H and O–H groups in total. The zero-order valence-corrected chi connectivity index (χ0v) is 16.4. The van der Waals surface area contributed by atoms with E-state index in [-0.39, 0.29) is 29.6 Å². The van der Waals surface area contributed by atoms with Gasteiger partial charge < -0.3 is 34.3 Å². The van der Waals surface area contributed by atoms with Crippen LogP contribution in [-0.2, 0) is 14.3 Å². The van der Waals surface area contributed by atoms with Gasteiger partial charge in [-0.3, -0.25) is 0 Å². The van der Waals surface area contributed by atoms with Crippen molar-refractivity contribution in [1.82, 2.24) is 0 Å². The van der Waals surface area contributed by atoms with Gasteiger partial charge in [-0.15, -0.1) is 0 Å². The van der Waals surface area contributed by atoms with E-state index in [0.29, 0.717) is 11.1 Å². The van der Waals surface area contributed by atoms with Gasteiger partial charge in [0.05, 0.1) is 14.2 Å². The fourth-order valence-electron chi connectivity index (χ4n) is 2.65. The van der Waals surface area contributed by atoms with Crippen LogP contribution in [-0.4, -0.2) is 55.3 Å². The molecular formula is C21H24O8. The molecule has 0 bridgehead atoms. The van der Waals surface area contributed by atoms with Gasteiger partial charge in [-0.2, -0.15) is 0 Å². The van der Waals surface area contributed by atoms with Gasteiger partial charge in [-0.1, -0.05) is 12.1 Å². The Kier molecular flexibility index (Phi) is 7.88. The van der Waals surface area contributed by atoms with Crippen LogP contribution in [0.25, 0.3) is 6.08 Å². The summed E-state index contributed by atoms with van der Waals surface area (Å²) in [6.07, 6.45) is 0.766. The molecule has 0 spiro atoms. The van der Waals surface area contributed by atoms with E-state index in [0.717, 1.165) is 0 Å². The highest BCUT2D eigenvalue weighted by Gasteiger charge is 2.23. The highest BCUT2D eigenvalue weighted by molar-refractivity contribution is 5.87. The highest BCUT2D eigenvalue weighted by atomic mass is 16.5. The number of aliphatic hydroxyl groups excluding tert-OH is 1. The van der Waals surface area contributed by atoms with Gasteiger partial charge in [0.1, 0.15) is 18.8 Å². The van der Waals surface area contributed by atoms with Crippen LogP contribution in [0.1, 0.15) is 17.2 Å². The Balaban J connectivity index is 1.97. The van der Waals surface area contributed by atoms with E-state index < -0.39 is 18.2 Å². The summed E-state index contributed by atoms with van der Waals surface area (Å²) in [5.74, 6) is -0.187. The Morgan fingerprint density at radius 2 is 1.62 bits per heavy atom. The Bertz CT molecular complexity index is 862. The lowest BCUT2D eigenvalue weighted by molar-refractivity contribution is -0.143. The summed E-state index contributed by atoms with van der Waals surface area (Å²) in [4.78, 5) is 11.9. The molecular weight excluding hydrogens is 380 g/mol. The van der Waals surface area contributed by atoms with Crippen LogP contribution in [0.2, 0.25) is 0 Å².